The van der Waals surface area contributed by atoms with E-state index in [0.29, 0.717) is 6.42 Å². The molecule has 0 atom stereocenters. The van der Waals surface area contributed by atoms with Gasteiger partial charge in [0.15, 0.2) is 0 Å². The number of phenolic OH excluding ortho intramolecular Hbond substituents is 1. The van der Waals surface area contributed by atoms with Crippen LogP contribution in [0.5, 0.6) is 5.75 Å². The van der Waals surface area contributed by atoms with Crippen LogP contribution in [-0.4, -0.2) is 10.2 Å². The van der Waals surface area contributed by atoms with E-state index in [-0.39, 0.29) is 11.5 Å². The number of phenols is 1. The Labute approximate surface area is 71.8 Å². The zero-order chi connectivity index (χ0) is 9.14. The predicted molar refractivity (Wildman–Crippen MR) is 48.3 cm³/mol. The van der Waals surface area contributed by atoms with Crippen molar-refractivity contribution in [1.82, 2.24) is 0 Å². The SMILES string of the molecule is C=C(O)Cc1cc(O)ccc1C. The number of aliphatic hydroxyl groups is 1. The zero-order valence-corrected chi connectivity index (χ0v) is 7.04. The summed E-state index contributed by atoms with van der Waals surface area (Å²) in [7, 11) is 0. The number of allylic oxidation sites excluding steroid dienone is 1. The molecule has 0 saturated carbocycles. The van der Waals surface area contributed by atoms with Crippen molar-refractivity contribution in [3.63, 3.8) is 0 Å². The average molecular weight is 164 g/mol. The van der Waals surface area contributed by atoms with Crippen molar-refractivity contribution in [2.45, 2.75) is 13.3 Å². The Kier molecular flexibility index (Phi) is 2.38. The maximum atomic E-state index is 9.14. The molecule has 0 aliphatic carbocycles. The average Bonchev–Trinajstić information content (AvgIpc) is 1.96. The monoisotopic (exact) mass is 164 g/mol. The molecule has 1 aromatic rings. The van der Waals surface area contributed by atoms with E-state index >= 15 is 0 Å². The molecule has 0 spiro atoms. The molecule has 0 radical (unpaired) electrons. The number of aliphatic hydroxyl groups excluding tert-OH is 1. The predicted octanol–water partition coefficient (Wildman–Crippen LogP) is 2.31. The normalized spacial score (nSPS) is 9.75. The summed E-state index contributed by atoms with van der Waals surface area (Å²) in [5, 5.41) is 18.1. The molecule has 12 heavy (non-hydrogen) atoms. The summed E-state index contributed by atoms with van der Waals surface area (Å²) < 4.78 is 0. The summed E-state index contributed by atoms with van der Waals surface area (Å²) >= 11 is 0. The van der Waals surface area contributed by atoms with E-state index in [1.807, 2.05) is 13.0 Å². The number of aryl methyl sites for hydroxylation is 1. The van der Waals surface area contributed by atoms with Gasteiger partial charge in [-0.15, -0.1) is 0 Å². The van der Waals surface area contributed by atoms with E-state index in [4.69, 9.17) is 10.2 Å². The fraction of sp³-hybridized carbons (Fsp3) is 0.200. The van der Waals surface area contributed by atoms with E-state index in [1.165, 1.54) is 0 Å². The highest BCUT2D eigenvalue weighted by atomic mass is 16.3. The second-order valence-electron chi connectivity index (χ2n) is 2.85. The molecule has 0 aliphatic heterocycles. The molecule has 0 unspecified atom stereocenters. The third-order valence-electron chi connectivity index (χ3n) is 1.73. The van der Waals surface area contributed by atoms with Crippen LogP contribution in [0, 0.1) is 6.92 Å². The Balaban J connectivity index is 2.97. The molecule has 0 fully saturated rings. The van der Waals surface area contributed by atoms with Gasteiger partial charge in [-0.05, 0) is 30.2 Å². The fourth-order valence-corrected chi connectivity index (χ4v) is 1.07. The maximum Gasteiger partial charge on any atom is 0.115 e. The first-order chi connectivity index (χ1) is 5.59. The van der Waals surface area contributed by atoms with E-state index in [1.54, 1.807) is 12.1 Å². The van der Waals surface area contributed by atoms with Crippen molar-refractivity contribution in [2.75, 3.05) is 0 Å². The first kappa shape index (κ1) is 8.65. The first-order valence-electron chi connectivity index (χ1n) is 3.75. The van der Waals surface area contributed by atoms with Gasteiger partial charge in [-0.25, -0.2) is 0 Å². The number of rotatable bonds is 2. The Hall–Kier alpha value is -1.44. The lowest BCUT2D eigenvalue weighted by Gasteiger charge is -2.04. The summed E-state index contributed by atoms with van der Waals surface area (Å²) in [6.45, 7) is 5.32. The van der Waals surface area contributed by atoms with Gasteiger partial charge in [0, 0.05) is 6.42 Å². The fourth-order valence-electron chi connectivity index (χ4n) is 1.07. The van der Waals surface area contributed by atoms with E-state index in [2.05, 4.69) is 6.58 Å². The Morgan fingerprint density at radius 3 is 2.75 bits per heavy atom. The van der Waals surface area contributed by atoms with Gasteiger partial charge in [0.2, 0.25) is 0 Å². The summed E-state index contributed by atoms with van der Waals surface area (Å²) in [6.07, 6.45) is 0.403. The van der Waals surface area contributed by atoms with Crippen LogP contribution in [0.15, 0.2) is 30.5 Å². The highest BCUT2D eigenvalue weighted by molar-refractivity contribution is 5.35. The molecular formula is C10H12O2. The van der Waals surface area contributed by atoms with Crippen LogP contribution in [0.2, 0.25) is 0 Å². The molecule has 2 heteroatoms. The van der Waals surface area contributed by atoms with Gasteiger partial charge in [-0.2, -0.15) is 0 Å². The molecule has 2 nitrogen and oxygen atoms in total. The molecule has 0 saturated heterocycles. The number of hydrogen-bond acceptors (Lipinski definition) is 2. The number of hydrogen-bond donors (Lipinski definition) is 2. The minimum absolute atomic E-state index is 0.115. The quantitative estimate of drug-likeness (QED) is 0.658. The van der Waals surface area contributed by atoms with Crippen LogP contribution in [-0.2, 0) is 6.42 Å². The van der Waals surface area contributed by atoms with Gasteiger partial charge < -0.3 is 10.2 Å². The van der Waals surface area contributed by atoms with Crippen molar-refractivity contribution in [3.05, 3.63) is 41.7 Å². The lowest BCUT2D eigenvalue weighted by atomic mass is 10.0. The van der Waals surface area contributed by atoms with Gasteiger partial charge in [0.1, 0.15) is 5.75 Å². The minimum Gasteiger partial charge on any atom is -0.513 e. The topological polar surface area (TPSA) is 40.5 Å². The van der Waals surface area contributed by atoms with Crippen LogP contribution in [0.3, 0.4) is 0 Å². The van der Waals surface area contributed by atoms with Gasteiger partial charge >= 0.3 is 0 Å². The van der Waals surface area contributed by atoms with Crippen LogP contribution in [0.4, 0.5) is 0 Å². The summed E-state index contributed by atoms with van der Waals surface area (Å²) in [5.41, 5.74) is 1.95. The molecule has 1 rings (SSSR count). The van der Waals surface area contributed by atoms with Crippen LogP contribution in [0.25, 0.3) is 0 Å². The summed E-state index contributed by atoms with van der Waals surface area (Å²) in [4.78, 5) is 0. The van der Waals surface area contributed by atoms with Crippen molar-refractivity contribution in [3.8, 4) is 5.75 Å². The van der Waals surface area contributed by atoms with Gasteiger partial charge in [-0.1, -0.05) is 12.6 Å². The summed E-state index contributed by atoms with van der Waals surface area (Å²) in [5.74, 6) is 0.334. The van der Waals surface area contributed by atoms with Crippen LogP contribution in [0.1, 0.15) is 11.1 Å². The third kappa shape index (κ3) is 2.02. The van der Waals surface area contributed by atoms with Crippen LogP contribution < -0.4 is 0 Å². The van der Waals surface area contributed by atoms with Gasteiger partial charge in [0.05, 0.1) is 5.76 Å². The summed E-state index contributed by atoms with van der Waals surface area (Å²) in [6, 6.07) is 5.07. The zero-order valence-electron chi connectivity index (χ0n) is 7.04. The second kappa shape index (κ2) is 3.30. The van der Waals surface area contributed by atoms with Crippen molar-refractivity contribution < 1.29 is 10.2 Å². The Bertz CT molecular complexity index is 303. The molecule has 64 valence electrons. The van der Waals surface area contributed by atoms with Crippen molar-refractivity contribution in [1.29, 1.82) is 0 Å². The molecular weight excluding hydrogens is 152 g/mol. The minimum atomic E-state index is 0.115. The van der Waals surface area contributed by atoms with Crippen molar-refractivity contribution in [2.24, 2.45) is 0 Å². The Morgan fingerprint density at radius 2 is 2.17 bits per heavy atom. The van der Waals surface area contributed by atoms with Gasteiger partial charge in [-0.3, -0.25) is 0 Å². The lowest BCUT2D eigenvalue weighted by molar-refractivity contribution is 0.401. The molecule has 0 aliphatic rings. The first-order valence-corrected chi connectivity index (χ1v) is 3.75. The molecule has 0 bridgehead atoms. The van der Waals surface area contributed by atoms with E-state index < -0.39 is 0 Å². The molecule has 0 amide bonds. The number of benzene rings is 1. The Morgan fingerprint density at radius 1 is 1.50 bits per heavy atom. The lowest BCUT2D eigenvalue weighted by Crippen LogP contribution is -1.91. The molecule has 1 aromatic carbocycles. The molecule has 2 N–H and O–H groups in total. The molecule has 0 aromatic heterocycles. The molecule has 0 heterocycles. The maximum absolute atomic E-state index is 9.14. The highest BCUT2D eigenvalue weighted by Crippen LogP contribution is 2.17. The van der Waals surface area contributed by atoms with Crippen LogP contribution >= 0.6 is 0 Å². The smallest absolute Gasteiger partial charge is 0.115 e. The van der Waals surface area contributed by atoms with E-state index in [0.717, 1.165) is 11.1 Å². The van der Waals surface area contributed by atoms with Gasteiger partial charge in [0.25, 0.3) is 0 Å². The largest absolute Gasteiger partial charge is 0.513 e. The second-order valence-corrected chi connectivity index (χ2v) is 2.85. The third-order valence-corrected chi connectivity index (χ3v) is 1.73. The number of aromatic hydroxyl groups is 1. The van der Waals surface area contributed by atoms with Crippen molar-refractivity contribution >= 4 is 0 Å². The highest BCUT2D eigenvalue weighted by Gasteiger charge is 2.00. The standard InChI is InChI=1S/C10H12O2/c1-7-3-4-10(12)6-9(7)5-8(2)11/h3-4,6,11-12H,2,5H2,1H3. The van der Waals surface area contributed by atoms with E-state index in [9.17, 15) is 0 Å².